The first-order chi connectivity index (χ1) is 12.5. The Morgan fingerprint density at radius 2 is 1.77 bits per heavy atom. The van der Waals surface area contributed by atoms with Gasteiger partial charge in [-0.05, 0) is 50.3 Å². The van der Waals surface area contributed by atoms with Crippen molar-refractivity contribution in [2.75, 3.05) is 11.9 Å². The molecule has 0 saturated carbocycles. The lowest BCUT2D eigenvalue weighted by Gasteiger charge is -2.12. The van der Waals surface area contributed by atoms with Gasteiger partial charge < -0.3 is 10.6 Å². The third-order valence-electron chi connectivity index (χ3n) is 4.16. The van der Waals surface area contributed by atoms with E-state index in [4.69, 9.17) is 0 Å². The minimum atomic E-state index is -0.391. The van der Waals surface area contributed by atoms with Gasteiger partial charge in [0.05, 0.1) is 0 Å². The van der Waals surface area contributed by atoms with E-state index in [0.29, 0.717) is 6.54 Å². The van der Waals surface area contributed by atoms with Crippen molar-refractivity contribution in [1.82, 2.24) is 5.32 Å². The summed E-state index contributed by atoms with van der Waals surface area (Å²) in [5.41, 5.74) is 5.25. The second-order valence-electron chi connectivity index (χ2n) is 6.44. The Morgan fingerprint density at radius 3 is 2.38 bits per heavy atom. The average molecular weight is 347 g/mol. The van der Waals surface area contributed by atoms with Crippen LogP contribution in [0.15, 0.2) is 54.2 Å². The number of hydrogen-bond acceptors (Lipinski definition) is 3. The SMILES string of the molecule is Cc1cc(C)c(NC(=O)/C(C#N)=C\NCCCc2ccccc2)c(C)c1. The zero-order chi connectivity index (χ0) is 18.9. The summed E-state index contributed by atoms with van der Waals surface area (Å²) in [5.74, 6) is -0.391. The summed E-state index contributed by atoms with van der Waals surface area (Å²) in [6.07, 6.45) is 3.38. The smallest absolute Gasteiger partial charge is 0.267 e. The van der Waals surface area contributed by atoms with Crippen LogP contribution in [0.3, 0.4) is 0 Å². The van der Waals surface area contributed by atoms with Gasteiger partial charge in [-0.1, -0.05) is 48.0 Å². The Kier molecular flexibility index (Phi) is 6.99. The molecule has 0 unspecified atom stereocenters. The van der Waals surface area contributed by atoms with E-state index in [2.05, 4.69) is 22.8 Å². The van der Waals surface area contributed by atoms with Gasteiger partial charge in [0, 0.05) is 18.4 Å². The molecule has 0 bridgehead atoms. The summed E-state index contributed by atoms with van der Waals surface area (Å²) in [6, 6.07) is 16.2. The van der Waals surface area contributed by atoms with Gasteiger partial charge in [-0.2, -0.15) is 5.26 Å². The second kappa shape index (κ2) is 9.43. The van der Waals surface area contributed by atoms with Gasteiger partial charge in [-0.3, -0.25) is 4.79 Å². The summed E-state index contributed by atoms with van der Waals surface area (Å²) in [6.45, 7) is 6.63. The fourth-order valence-corrected chi connectivity index (χ4v) is 2.92. The molecule has 0 aliphatic rings. The van der Waals surface area contributed by atoms with Gasteiger partial charge in [0.25, 0.3) is 5.91 Å². The Morgan fingerprint density at radius 1 is 1.12 bits per heavy atom. The minimum absolute atomic E-state index is 0.0732. The summed E-state index contributed by atoms with van der Waals surface area (Å²) in [4.78, 5) is 12.4. The van der Waals surface area contributed by atoms with Crippen LogP contribution in [0.25, 0.3) is 0 Å². The fraction of sp³-hybridized carbons (Fsp3) is 0.273. The molecule has 0 atom stereocenters. The van der Waals surface area contributed by atoms with Gasteiger partial charge in [0.1, 0.15) is 11.6 Å². The van der Waals surface area contributed by atoms with E-state index >= 15 is 0 Å². The average Bonchev–Trinajstić information content (AvgIpc) is 2.62. The number of carbonyl (C=O) groups is 1. The van der Waals surface area contributed by atoms with Crippen molar-refractivity contribution >= 4 is 11.6 Å². The monoisotopic (exact) mass is 347 g/mol. The summed E-state index contributed by atoms with van der Waals surface area (Å²) in [7, 11) is 0. The van der Waals surface area contributed by atoms with E-state index in [-0.39, 0.29) is 5.57 Å². The van der Waals surface area contributed by atoms with Crippen LogP contribution in [0.5, 0.6) is 0 Å². The lowest BCUT2D eigenvalue weighted by molar-refractivity contribution is -0.112. The molecule has 0 fully saturated rings. The van der Waals surface area contributed by atoms with Crippen LogP contribution in [-0.4, -0.2) is 12.5 Å². The van der Waals surface area contributed by atoms with Gasteiger partial charge in [-0.25, -0.2) is 0 Å². The molecule has 0 spiro atoms. The predicted molar refractivity (Wildman–Crippen MR) is 106 cm³/mol. The number of benzene rings is 2. The summed E-state index contributed by atoms with van der Waals surface area (Å²) >= 11 is 0. The van der Waals surface area contributed by atoms with Crippen LogP contribution in [0.2, 0.25) is 0 Å². The predicted octanol–water partition coefficient (Wildman–Crippen LogP) is 4.18. The molecule has 134 valence electrons. The quantitative estimate of drug-likeness (QED) is 0.449. The number of hydrogen-bond donors (Lipinski definition) is 2. The summed E-state index contributed by atoms with van der Waals surface area (Å²) < 4.78 is 0. The largest absolute Gasteiger partial charge is 0.390 e. The molecule has 2 aromatic rings. The minimum Gasteiger partial charge on any atom is -0.390 e. The molecule has 0 heterocycles. The highest BCUT2D eigenvalue weighted by Gasteiger charge is 2.12. The highest BCUT2D eigenvalue weighted by Crippen LogP contribution is 2.22. The number of aryl methyl sites for hydroxylation is 4. The van der Waals surface area contributed by atoms with E-state index in [1.807, 2.05) is 57.2 Å². The van der Waals surface area contributed by atoms with E-state index in [9.17, 15) is 10.1 Å². The molecule has 26 heavy (non-hydrogen) atoms. The molecule has 4 heteroatoms. The first-order valence-corrected chi connectivity index (χ1v) is 8.78. The van der Waals surface area contributed by atoms with Gasteiger partial charge in [-0.15, -0.1) is 0 Å². The number of anilines is 1. The highest BCUT2D eigenvalue weighted by molar-refractivity contribution is 6.07. The second-order valence-corrected chi connectivity index (χ2v) is 6.44. The molecular formula is C22H25N3O. The highest BCUT2D eigenvalue weighted by atomic mass is 16.1. The molecule has 2 N–H and O–H groups in total. The lowest BCUT2D eigenvalue weighted by atomic mass is 10.0. The van der Waals surface area contributed by atoms with Crippen LogP contribution in [0, 0.1) is 32.1 Å². The Hall–Kier alpha value is -3.06. The lowest BCUT2D eigenvalue weighted by Crippen LogP contribution is -2.18. The molecule has 0 aliphatic carbocycles. The van der Waals surface area contributed by atoms with E-state index < -0.39 is 5.91 Å². The van der Waals surface area contributed by atoms with Gasteiger partial charge in [0.15, 0.2) is 0 Å². The summed E-state index contributed by atoms with van der Waals surface area (Å²) in [5, 5.41) is 15.2. The van der Waals surface area contributed by atoms with Crippen molar-refractivity contribution in [1.29, 1.82) is 5.26 Å². The van der Waals surface area contributed by atoms with Gasteiger partial charge >= 0.3 is 0 Å². The molecule has 2 aromatic carbocycles. The third kappa shape index (κ3) is 5.49. The van der Waals surface area contributed by atoms with Crippen molar-refractivity contribution in [3.8, 4) is 6.07 Å². The first-order valence-electron chi connectivity index (χ1n) is 8.78. The Bertz CT molecular complexity index is 809. The molecule has 2 rings (SSSR count). The third-order valence-corrected chi connectivity index (χ3v) is 4.16. The zero-order valence-corrected chi connectivity index (χ0v) is 15.6. The standard InChI is InChI=1S/C22H25N3O/c1-16-12-17(2)21(18(3)13-16)25-22(26)20(14-23)15-24-11-7-10-19-8-5-4-6-9-19/h4-6,8-9,12-13,15,24H,7,10-11H2,1-3H3,(H,25,26)/b20-15-. The maximum absolute atomic E-state index is 12.4. The maximum atomic E-state index is 12.4. The molecule has 0 radical (unpaired) electrons. The van der Waals surface area contributed by atoms with Crippen molar-refractivity contribution in [2.45, 2.75) is 33.6 Å². The van der Waals surface area contributed by atoms with Crippen LogP contribution in [-0.2, 0) is 11.2 Å². The zero-order valence-electron chi connectivity index (χ0n) is 15.6. The van der Waals surface area contributed by atoms with Crippen molar-refractivity contribution in [3.63, 3.8) is 0 Å². The number of amides is 1. The van der Waals surface area contributed by atoms with Crippen molar-refractivity contribution < 1.29 is 4.79 Å². The van der Waals surface area contributed by atoms with E-state index in [1.165, 1.54) is 11.8 Å². The maximum Gasteiger partial charge on any atom is 0.267 e. The van der Waals surface area contributed by atoms with Crippen LogP contribution in [0.1, 0.15) is 28.7 Å². The molecule has 4 nitrogen and oxygen atoms in total. The fourth-order valence-electron chi connectivity index (χ4n) is 2.92. The van der Waals surface area contributed by atoms with Crippen molar-refractivity contribution in [3.05, 3.63) is 76.5 Å². The van der Waals surface area contributed by atoms with Crippen LogP contribution < -0.4 is 10.6 Å². The number of rotatable bonds is 7. The van der Waals surface area contributed by atoms with E-state index in [0.717, 1.165) is 35.2 Å². The number of nitrogens with one attached hydrogen (secondary N) is 2. The molecule has 0 saturated heterocycles. The van der Waals surface area contributed by atoms with Gasteiger partial charge in [0.2, 0.25) is 0 Å². The normalized spacial score (nSPS) is 10.9. The number of nitriles is 1. The molecule has 0 aliphatic heterocycles. The Labute approximate surface area is 155 Å². The Balaban J connectivity index is 1.90. The van der Waals surface area contributed by atoms with Crippen LogP contribution in [0.4, 0.5) is 5.69 Å². The topological polar surface area (TPSA) is 64.9 Å². The van der Waals surface area contributed by atoms with Crippen molar-refractivity contribution in [2.24, 2.45) is 0 Å². The molecule has 0 aromatic heterocycles. The number of nitrogens with zero attached hydrogens (tertiary/aromatic N) is 1. The van der Waals surface area contributed by atoms with E-state index in [1.54, 1.807) is 0 Å². The number of carbonyl (C=O) groups excluding carboxylic acids is 1. The van der Waals surface area contributed by atoms with Crippen LogP contribution >= 0.6 is 0 Å². The molecular weight excluding hydrogens is 322 g/mol. The first kappa shape index (κ1) is 19.3. The molecule has 1 amide bonds.